The number of nitro benzene ring substituents is 1. The third-order valence-electron chi connectivity index (χ3n) is 4.10. The van der Waals surface area contributed by atoms with Crippen LogP contribution in [-0.2, 0) is 10.5 Å². The molecule has 1 N–H and O–H groups in total. The van der Waals surface area contributed by atoms with Gasteiger partial charge in [-0.15, -0.1) is 11.8 Å². The molecule has 25 heavy (non-hydrogen) atoms. The zero-order valence-electron chi connectivity index (χ0n) is 14.5. The van der Waals surface area contributed by atoms with Crippen LogP contribution in [0.4, 0.5) is 5.69 Å². The van der Waals surface area contributed by atoms with Gasteiger partial charge in [-0.2, -0.15) is 0 Å². The number of methoxy groups -OCH3 is 1. The average Bonchev–Trinajstić information content (AvgIpc) is 2.62. The summed E-state index contributed by atoms with van der Waals surface area (Å²) in [5.41, 5.74) is 2.20. The number of amides is 1. The quantitative estimate of drug-likeness (QED) is 0.409. The van der Waals surface area contributed by atoms with Crippen molar-refractivity contribution >= 4 is 23.4 Å². The average molecular weight is 364 g/mol. The zero-order valence-corrected chi connectivity index (χ0v) is 15.3. The van der Waals surface area contributed by atoms with E-state index in [1.165, 1.54) is 43.4 Å². The molecule has 0 saturated heterocycles. The van der Waals surface area contributed by atoms with E-state index in [4.69, 9.17) is 4.74 Å². The summed E-state index contributed by atoms with van der Waals surface area (Å²) in [6.07, 6.45) is 8.07. The van der Waals surface area contributed by atoms with Gasteiger partial charge in [0.2, 0.25) is 5.91 Å². The molecule has 1 amide bonds. The molecule has 0 saturated carbocycles. The van der Waals surface area contributed by atoms with Gasteiger partial charge in [-0.05, 0) is 43.7 Å². The number of rotatable bonds is 9. The van der Waals surface area contributed by atoms with Crippen LogP contribution >= 0.6 is 11.8 Å². The largest absolute Gasteiger partial charge is 0.490 e. The molecule has 2 rings (SSSR count). The summed E-state index contributed by atoms with van der Waals surface area (Å²) in [6, 6.07) is 4.87. The van der Waals surface area contributed by atoms with Gasteiger partial charge in [0.05, 0.1) is 17.8 Å². The van der Waals surface area contributed by atoms with E-state index in [2.05, 4.69) is 11.4 Å². The van der Waals surface area contributed by atoms with Gasteiger partial charge in [-0.1, -0.05) is 17.7 Å². The SMILES string of the molecule is COc1ccc(CSCC(=O)NCCC2=CCCCC2)cc1[N+](=O)[O-]. The third-order valence-corrected chi connectivity index (χ3v) is 5.10. The van der Waals surface area contributed by atoms with E-state index in [1.54, 1.807) is 12.1 Å². The van der Waals surface area contributed by atoms with Crippen LogP contribution in [0.2, 0.25) is 0 Å². The van der Waals surface area contributed by atoms with Gasteiger partial charge in [0.25, 0.3) is 0 Å². The first-order valence-electron chi connectivity index (χ1n) is 8.44. The fourth-order valence-electron chi connectivity index (χ4n) is 2.77. The highest BCUT2D eigenvalue weighted by Crippen LogP contribution is 2.29. The first kappa shape index (κ1) is 19.3. The van der Waals surface area contributed by atoms with Crippen LogP contribution in [0.5, 0.6) is 5.75 Å². The van der Waals surface area contributed by atoms with Crippen molar-refractivity contribution in [3.63, 3.8) is 0 Å². The summed E-state index contributed by atoms with van der Waals surface area (Å²) in [5.74, 6) is 1.14. The van der Waals surface area contributed by atoms with Crippen LogP contribution in [0.1, 0.15) is 37.7 Å². The summed E-state index contributed by atoms with van der Waals surface area (Å²) in [7, 11) is 1.41. The van der Waals surface area contributed by atoms with Gasteiger partial charge in [-0.3, -0.25) is 14.9 Å². The van der Waals surface area contributed by atoms with Crippen LogP contribution in [0, 0.1) is 10.1 Å². The summed E-state index contributed by atoms with van der Waals surface area (Å²) in [5, 5.41) is 13.9. The van der Waals surface area contributed by atoms with Crippen LogP contribution in [0.3, 0.4) is 0 Å². The number of allylic oxidation sites excluding steroid dienone is 1. The summed E-state index contributed by atoms with van der Waals surface area (Å²) in [4.78, 5) is 22.4. The van der Waals surface area contributed by atoms with Crippen molar-refractivity contribution in [1.29, 1.82) is 0 Å². The molecule has 0 fully saturated rings. The number of hydrogen-bond acceptors (Lipinski definition) is 5. The molecule has 1 aliphatic carbocycles. The minimum atomic E-state index is -0.459. The van der Waals surface area contributed by atoms with Crippen molar-refractivity contribution in [2.45, 2.75) is 37.9 Å². The molecule has 0 atom stereocenters. The number of benzene rings is 1. The summed E-state index contributed by atoms with van der Waals surface area (Å²) < 4.78 is 4.98. The Kier molecular flexibility index (Phi) is 7.78. The third kappa shape index (κ3) is 6.42. The monoisotopic (exact) mass is 364 g/mol. The van der Waals surface area contributed by atoms with Gasteiger partial charge in [0.15, 0.2) is 5.75 Å². The fourth-order valence-corrected chi connectivity index (χ4v) is 3.58. The molecule has 1 aliphatic rings. The fraction of sp³-hybridized carbons (Fsp3) is 0.500. The van der Waals surface area contributed by atoms with Crippen molar-refractivity contribution in [1.82, 2.24) is 5.32 Å². The van der Waals surface area contributed by atoms with Crippen molar-refractivity contribution in [3.05, 3.63) is 45.5 Å². The minimum absolute atomic E-state index is 0.00409. The highest BCUT2D eigenvalue weighted by Gasteiger charge is 2.15. The van der Waals surface area contributed by atoms with E-state index in [-0.39, 0.29) is 17.3 Å². The maximum atomic E-state index is 11.9. The number of hydrogen-bond donors (Lipinski definition) is 1. The second-order valence-corrected chi connectivity index (χ2v) is 6.95. The number of ether oxygens (including phenoxy) is 1. The Morgan fingerprint density at radius 3 is 2.92 bits per heavy atom. The molecule has 1 aromatic rings. The Morgan fingerprint density at radius 1 is 1.40 bits per heavy atom. The lowest BCUT2D eigenvalue weighted by atomic mass is 9.97. The standard InChI is InChI=1S/C18H24N2O4S/c1-24-17-8-7-15(11-16(17)20(22)23)12-25-13-18(21)19-10-9-14-5-3-2-4-6-14/h5,7-8,11H,2-4,6,9-10,12-13H2,1H3,(H,19,21). The molecule has 0 radical (unpaired) electrons. The lowest BCUT2D eigenvalue weighted by Crippen LogP contribution is -2.26. The Labute approximate surface area is 152 Å². The highest BCUT2D eigenvalue weighted by molar-refractivity contribution is 7.99. The molecule has 7 heteroatoms. The number of nitrogens with one attached hydrogen (secondary N) is 1. The molecular formula is C18H24N2O4S. The van der Waals surface area contributed by atoms with Gasteiger partial charge in [-0.25, -0.2) is 0 Å². The lowest BCUT2D eigenvalue weighted by molar-refractivity contribution is -0.385. The van der Waals surface area contributed by atoms with Gasteiger partial charge in [0, 0.05) is 18.4 Å². The van der Waals surface area contributed by atoms with E-state index in [9.17, 15) is 14.9 Å². The summed E-state index contributed by atoms with van der Waals surface area (Å²) >= 11 is 1.44. The molecular weight excluding hydrogens is 340 g/mol. The first-order valence-corrected chi connectivity index (χ1v) is 9.59. The van der Waals surface area contributed by atoms with E-state index in [0.717, 1.165) is 24.8 Å². The Hall–Kier alpha value is -2.02. The van der Waals surface area contributed by atoms with Crippen molar-refractivity contribution < 1.29 is 14.5 Å². The number of thioether (sulfide) groups is 1. The predicted octanol–water partition coefficient (Wildman–Crippen LogP) is 3.84. The molecule has 0 heterocycles. The number of carbonyl (C=O) groups excluding carboxylic acids is 1. The lowest BCUT2D eigenvalue weighted by Gasteiger charge is -2.12. The summed E-state index contributed by atoms with van der Waals surface area (Å²) in [6.45, 7) is 0.680. The second-order valence-electron chi connectivity index (χ2n) is 5.96. The van der Waals surface area contributed by atoms with E-state index in [1.807, 2.05) is 0 Å². The number of carbonyl (C=O) groups is 1. The Morgan fingerprint density at radius 2 is 2.24 bits per heavy atom. The van der Waals surface area contributed by atoms with E-state index in [0.29, 0.717) is 18.1 Å². The Bertz CT molecular complexity index is 646. The maximum absolute atomic E-state index is 11.9. The molecule has 0 spiro atoms. The Balaban J connectivity index is 1.71. The molecule has 0 aliphatic heterocycles. The predicted molar refractivity (Wildman–Crippen MR) is 100.0 cm³/mol. The van der Waals surface area contributed by atoms with E-state index >= 15 is 0 Å². The van der Waals surface area contributed by atoms with Gasteiger partial charge < -0.3 is 10.1 Å². The second kappa shape index (κ2) is 10.1. The molecule has 1 aromatic carbocycles. The first-order chi connectivity index (χ1) is 12.1. The molecule has 6 nitrogen and oxygen atoms in total. The van der Waals surface area contributed by atoms with Crippen molar-refractivity contribution in [3.8, 4) is 5.75 Å². The molecule has 136 valence electrons. The zero-order chi connectivity index (χ0) is 18.1. The number of nitro groups is 1. The van der Waals surface area contributed by atoms with Crippen LogP contribution < -0.4 is 10.1 Å². The number of nitrogens with zero attached hydrogens (tertiary/aromatic N) is 1. The van der Waals surface area contributed by atoms with Crippen LogP contribution in [0.25, 0.3) is 0 Å². The van der Waals surface area contributed by atoms with Crippen LogP contribution in [0.15, 0.2) is 29.8 Å². The highest BCUT2D eigenvalue weighted by atomic mass is 32.2. The normalized spacial score (nSPS) is 13.9. The smallest absolute Gasteiger partial charge is 0.311 e. The van der Waals surface area contributed by atoms with Crippen molar-refractivity contribution in [2.24, 2.45) is 0 Å². The van der Waals surface area contributed by atoms with Crippen LogP contribution in [-0.4, -0.2) is 30.2 Å². The molecule has 0 aromatic heterocycles. The van der Waals surface area contributed by atoms with Crippen molar-refractivity contribution in [2.75, 3.05) is 19.4 Å². The van der Waals surface area contributed by atoms with E-state index < -0.39 is 4.92 Å². The maximum Gasteiger partial charge on any atom is 0.311 e. The molecule has 0 bridgehead atoms. The molecule has 0 unspecified atom stereocenters. The van der Waals surface area contributed by atoms with Gasteiger partial charge >= 0.3 is 5.69 Å². The van der Waals surface area contributed by atoms with Gasteiger partial charge in [0.1, 0.15) is 0 Å². The minimum Gasteiger partial charge on any atom is -0.490 e. The topological polar surface area (TPSA) is 81.5 Å².